The highest BCUT2D eigenvalue weighted by molar-refractivity contribution is 6.75. The predicted octanol–water partition coefficient (Wildman–Crippen LogP) is 1.77. The van der Waals surface area contributed by atoms with Gasteiger partial charge >= 0.3 is 8.80 Å². The number of hydrogen-bond donors (Lipinski definition) is 0. The molecule has 1 aromatic rings. The van der Waals surface area contributed by atoms with Gasteiger partial charge in [-0.15, -0.1) is 11.6 Å². The Kier molecular flexibility index (Phi) is 6.01. The van der Waals surface area contributed by atoms with Gasteiger partial charge in [-0.3, -0.25) is 0 Å². The molecule has 1 rings (SSSR count). The molecule has 0 spiro atoms. The lowest BCUT2D eigenvalue weighted by Crippen LogP contribution is -2.55. The lowest BCUT2D eigenvalue weighted by Gasteiger charge is -2.26. The maximum Gasteiger partial charge on any atom is 0.536 e. The molecule has 0 bridgehead atoms. The summed E-state index contributed by atoms with van der Waals surface area (Å²) in [5, 5.41) is 0.967. The molecular formula is C11H17ClO3Si. The van der Waals surface area contributed by atoms with Crippen LogP contribution in [-0.2, 0) is 13.3 Å². The maximum absolute atomic E-state index is 5.76. The monoisotopic (exact) mass is 260 g/mol. The maximum atomic E-state index is 5.76. The minimum atomic E-state index is -2.72. The summed E-state index contributed by atoms with van der Waals surface area (Å²) in [7, 11) is 0.514. The SMILES string of the molecule is CO[Si](OC)(OCCCCl)c1ccccc1. The van der Waals surface area contributed by atoms with Crippen LogP contribution in [0.4, 0.5) is 0 Å². The first-order valence-electron chi connectivity index (χ1n) is 5.15. The molecule has 0 aliphatic heterocycles. The normalized spacial score (nSPS) is 11.7. The Bertz CT molecular complexity index is 291. The molecule has 5 heteroatoms. The van der Waals surface area contributed by atoms with Crippen molar-refractivity contribution in [1.82, 2.24) is 0 Å². The van der Waals surface area contributed by atoms with E-state index in [4.69, 9.17) is 24.9 Å². The zero-order valence-electron chi connectivity index (χ0n) is 9.61. The Morgan fingerprint density at radius 3 is 2.25 bits per heavy atom. The molecule has 16 heavy (non-hydrogen) atoms. The van der Waals surface area contributed by atoms with Crippen LogP contribution in [0.15, 0.2) is 30.3 Å². The molecular weight excluding hydrogens is 244 g/mol. The van der Waals surface area contributed by atoms with Crippen LogP contribution in [0.1, 0.15) is 6.42 Å². The molecule has 0 heterocycles. The predicted molar refractivity (Wildman–Crippen MR) is 67.1 cm³/mol. The smallest absolute Gasteiger partial charge is 0.373 e. The summed E-state index contributed by atoms with van der Waals surface area (Å²) in [5.41, 5.74) is 0. The van der Waals surface area contributed by atoms with Crippen molar-refractivity contribution in [2.45, 2.75) is 6.42 Å². The van der Waals surface area contributed by atoms with Gasteiger partial charge in [0.05, 0.1) is 0 Å². The van der Waals surface area contributed by atoms with Crippen LogP contribution >= 0.6 is 11.6 Å². The summed E-state index contributed by atoms with van der Waals surface area (Å²) in [6.07, 6.45) is 0.788. The fraction of sp³-hybridized carbons (Fsp3) is 0.455. The van der Waals surface area contributed by atoms with E-state index in [0.717, 1.165) is 11.6 Å². The molecule has 90 valence electrons. The van der Waals surface area contributed by atoms with Gasteiger partial charge in [0.2, 0.25) is 0 Å². The van der Waals surface area contributed by atoms with E-state index >= 15 is 0 Å². The number of rotatable bonds is 7. The van der Waals surface area contributed by atoms with Gasteiger partial charge in [-0.2, -0.15) is 0 Å². The Balaban J connectivity index is 2.79. The van der Waals surface area contributed by atoms with Crippen molar-refractivity contribution >= 4 is 25.6 Å². The van der Waals surface area contributed by atoms with E-state index in [-0.39, 0.29) is 0 Å². The summed E-state index contributed by atoms with van der Waals surface area (Å²) in [6.45, 7) is 0.548. The van der Waals surface area contributed by atoms with Crippen LogP contribution in [-0.4, -0.2) is 35.5 Å². The summed E-state index contributed by atoms with van der Waals surface area (Å²) in [4.78, 5) is 0. The third-order valence-corrected chi connectivity index (χ3v) is 5.20. The van der Waals surface area contributed by atoms with Crippen LogP contribution in [0.2, 0.25) is 0 Å². The van der Waals surface area contributed by atoms with E-state index in [2.05, 4.69) is 0 Å². The molecule has 0 saturated carbocycles. The van der Waals surface area contributed by atoms with Gasteiger partial charge in [0.25, 0.3) is 0 Å². The topological polar surface area (TPSA) is 27.7 Å². The molecule has 0 saturated heterocycles. The quantitative estimate of drug-likeness (QED) is 0.425. The van der Waals surface area contributed by atoms with Gasteiger partial charge in [0.15, 0.2) is 0 Å². The van der Waals surface area contributed by atoms with E-state index < -0.39 is 8.80 Å². The number of benzene rings is 1. The second kappa shape index (κ2) is 7.03. The van der Waals surface area contributed by atoms with Gasteiger partial charge in [0.1, 0.15) is 0 Å². The lowest BCUT2D eigenvalue weighted by atomic mass is 10.4. The second-order valence-electron chi connectivity index (χ2n) is 3.22. The number of halogens is 1. The minimum absolute atomic E-state index is 0.548. The van der Waals surface area contributed by atoms with Crippen LogP contribution in [0, 0.1) is 0 Å². The third kappa shape index (κ3) is 3.30. The fourth-order valence-electron chi connectivity index (χ4n) is 1.42. The highest BCUT2D eigenvalue weighted by Crippen LogP contribution is 2.08. The van der Waals surface area contributed by atoms with Crippen LogP contribution < -0.4 is 5.19 Å². The van der Waals surface area contributed by atoms with Crippen molar-refractivity contribution in [3.8, 4) is 0 Å². The first-order valence-corrected chi connectivity index (χ1v) is 7.40. The molecule has 0 N–H and O–H groups in total. The molecule has 0 aliphatic rings. The van der Waals surface area contributed by atoms with Crippen molar-refractivity contribution < 1.29 is 13.3 Å². The minimum Gasteiger partial charge on any atom is -0.373 e. The summed E-state index contributed by atoms with van der Waals surface area (Å²) in [6, 6.07) is 9.76. The van der Waals surface area contributed by atoms with E-state index in [1.54, 1.807) is 14.2 Å². The first kappa shape index (κ1) is 13.7. The summed E-state index contributed by atoms with van der Waals surface area (Å²) >= 11 is 5.62. The standard InChI is InChI=1S/C11H17ClO3Si/c1-13-16(14-2,15-10-6-9-12)11-7-4-3-5-8-11/h3-5,7-8H,6,9-10H2,1-2H3. The van der Waals surface area contributed by atoms with Crippen molar-refractivity contribution in [3.05, 3.63) is 30.3 Å². The van der Waals surface area contributed by atoms with Crippen molar-refractivity contribution in [1.29, 1.82) is 0 Å². The molecule has 1 aromatic carbocycles. The van der Waals surface area contributed by atoms with Crippen molar-refractivity contribution in [2.75, 3.05) is 26.7 Å². The summed E-state index contributed by atoms with van der Waals surface area (Å²) in [5.74, 6) is 0.576. The Labute approximate surface area is 103 Å². The number of hydrogen-bond acceptors (Lipinski definition) is 3. The fourth-order valence-corrected chi connectivity index (χ4v) is 3.59. The molecule has 0 atom stereocenters. The molecule has 3 nitrogen and oxygen atoms in total. The molecule has 0 fully saturated rings. The highest BCUT2D eigenvalue weighted by Gasteiger charge is 2.41. The molecule has 0 unspecified atom stereocenters. The third-order valence-electron chi connectivity index (χ3n) is 2.23. The molecule has 0 aromatic heterocycles. The Morgan fingerprint density at radius 1 is 1.12 bits per heavy atom. The number of alkyl halides is 1. The van der Waals surface area contributed by atoms with Gasteiger partial charge in [-0.1, -0.05) is 30.3 Å². The van der Waals surface area contributed by atoms with Gasteiger partial charge in [0, 0.05) is 31.9 Å². The van der Waals surface area contributed by atoms with E-state index in [9.17, 15) is 0 Å². The van der Waals surface area contributed by atoms with Gasteiger partial charge in [-0.05, 0) is 6.42 Å². The van der Waals surface area contributed by atoms with Crippen LogP contribution in [0.3, 0.4) is 0 Å². The van der Waals surface area contributed by atoms with Crippen molar-refractivity contribution in [3.63, 3.8) is 0 Å². The molecule has 0 aliphatic carbocycles. The average molecular weight is 261 g/mol. The van der Waals surface area contributed by atoms with Gasteiger partial charge in [-0.25, -0.2) is 0 Å². The second-order valence-corrected chi connectivity index (χ2v) is 6.39. The van der Waals surface area contributed by atoms with Crippen LogP contribution in [0.5, 0.6) is 0 Å². The largest absolute Gasteiger partial charge is 0.536 e. The Morgan fingerprint density at radius 2 is 1.75 bits per heavy atom. The zero-order valence-corrected chi connectivity index (χ0v) is 11.4. The van der Waals surface area contributed by atoms with E-state index in [1.807, 2.05) is 30.3 Å². The lowest BCUT2D eigenvalue weighted by molar-refractivity contribution is 0.114. The van der Waals surface area contributed by atoms with E-state index in [0.29, 0.717) is 12.5 Å². The first-order chi connectivity index (χ1) is 7.79. The van der Waals surface area contributed by atoms with E-state index in [1.165, 1.54) is 0 Å². The average Bonchev–Trinajstić information content (AvgIpc) is 2.36. The Hall–Kier alpha value is -0.393. The van der Waals surface area contributed by atoms with Crippen LogP contribution in [0.25, 0.3) is 0 Å². The summed E-state index contributed by atoms with van der Waals surface area (Å²) < 4.78 is 16.7. The van der Waals surface area contributed by atoms with Crippen molar-refractivity contribution in [2.24, 2.45) is 0 Å². The molecule has 0 amide bonds. The molecule has 0 radical (unpaired) electrons. The highest BCUT2D eigenvalue weighted by atomic mass is 35.5. The van der Waals surface area contributed by atoms with Gasteiger partial charge < -0.3 is 13.3 Å². The zero-order chi connectivity index (χ0) is 11.9.